The van der Waals surface area contributed by atoms with E-state index in [0.29, 0.717) is 39.3 Å². The van der Waals surface area contributed by atoms with E-state index in [4.69, 9.17) is 26.2 Å². The highest BCUT2D eigenvalue weighted by atomic mass is 16.5. The number of likely N-dealkylation sites (N-methyl/N-ethyl adjacent to an activating group) is 1. The number of nitrogens with one attached hydrogen (secondary N) is 4. The zero-order valence-electron chi connectivity index (χ0n) is 32.8. The number of nitrogens with zero attached hydrogens (tertiary/aromatic N) is 2. The highest BCUT2D eigenvalue weighted by Gasteiger charge is 2.33. The Labute approximate surface area is 327 Å². The molecule has 1 aliphatic rings. The molecule has 15 nitrogen and oxygen atoms in total. The van der Waals surface area contributed by atoms with Gasteiger partial charge in [0.1, 0.15) is 49.4 Å². The van der Waals surface area contributed by atoms with Gasteiger partial charge in [0.05, 0.1) is 12.6 Å². The molecule has 3 aromatic rings. The summed E-state index contributed by atoms with van der Waals surface area (Å²) in [6.07, 6.45) is 0.0262. The summed E-state index contributed by atoms with van der Waals surface area (Å²) in [7, 11) is 1.43. The van der Waals surface area contributed by atoms with Gasteiger partial charge in [0, 0.05) is 43.2 Å². The van der Waals surface area contributed by atoms with Gasteiger partial charge in [0.2, 0.25) is 23.6 Å². The topological polar surface area (TPSA) is 231 Å². The molecular formula is C41H52N8O7. The van der Waals surface area contributed by atoms with Gasteiger partial charge in [0.25, 0.3) is 5.91 Å². The molecule has 0 aliphatic carbocycles. The summed E-state index contributed by atoms with van der Waals surface area (Å²) in [5.41, 5.74) is 15.7. The van der Waals surface area contributed by atoms with Crippen LogP contribution >= 0.6 is 0 Å². The van der Waals surface area contributed by atoms with E-state index in [1.807, 2.05) is 25.1 Å². The smallest absolute Gasteiger partial charge is 0.251 e. The maximum Gasteiger partial charge on any atom is 0.251 e. The highest BCUT2D eigenvalue weighted by molar-refractivity contribution is 5.99. The number of amides is 5. The van der Waals surface area contributed by atoms with E-state index in [1.165, 1.54) is 18.9 Å². The number of aryl methyl sites for hydroxylation is 1. The molecule has 3 atom stereocenters. The summed E-state index contributed by atoms with van der Waals surface area (Å²) in [5, 5.41) is 19.7. The first-order chi connectivity index (χ1) is 26.6. The van der Waals surface area contributed by atoms with Crippen molar-refractivity contribution in [2.75, 3.05) is 46.4 Å². The van der Waals surface area contributed by atoms with E-state index >= 15 is 0 Å². The van der Waals surface area contributed by atoms with Crippen LogP contribution in [0.15, 0.2) is 54.6 Å². The monoisotopic (exact) mass is 768 g/mol. The summed E-state index contributed by atoms with van der Waals surface area (Å²) in [6.45, 7) is 9.56. The molecule has 4 bridgehead atoms. The highest BCUT2D eigenvalue weighted by Crippen LogP contribution is 2.40. The quantitative estimate of drug-likeness (QED) is 0.146. The Kier molecular flexibility index (Phi) is 14.5. The Hall–Kier alpha value is -5.98. The van der Waals surface area contributed by atoms with E-state index in [9.17, 15) is 24.0 Å². The van der Waals surface area contributed by atoms with Gasteiger partial charge in [-0.2, -0.15) is 5.26 Å². The minimum absolute atomic E-state index is 0.0262. The van der Waals surface area contributed by atoms with Gasteiger partial charge in [-0.1, -0.05) is 45.0 Å². The molecule has 0 radical (unpaired) electrons. The number of nitriles is 1. The summed E-state index contributed by atoms with van der Waals surface area (Å²) < 4.78 is 12.1. The number of fused-ring (bicyclic) bond motifs is 5. The van der Waals surface area contributed by atoms with Crippen molar-refractivity contribution < 1.29 is 33.4 Å². The summed E-state index contributed by atoms with van der Waals surface area (Å²) >= 11 is 0. The second kappa shape index (κ2) is 19.1. The van der Waals surface area contributed by atoms with E-state index in [2.05, 4.69) is 42.0 Å². The lowest BCUT2D eigenvalue weighted by Crippen LogP contribution is -2.55. The van der Waals surface area contributed by atoms with Crippen LogP contribution in [-0.2, 0) is 31.0 Å². The Balaban J connectivity index is 1.80. The molecule has 0 saturated heterocycles. The minimum Gasteiger partial charge on any atom is -0.492 e. The number of benzene rings is 3. The first-order valence-electron chi connectivity index (χ1n) is 18.4. The van der Waals surface area contributed by atoms with Crippen molar-refractivity contribution in [3.05, 3.63) is 82.4 Å². The van der Waals surface area contributed by atoms with E-state index in [-0.39, 0.29) is 44.7 Å². The van der Waals surface area contributed by atoms with Crippen molar-refractivity contribution in [3.8, 4) is 28.7 Å². The number of hydrogen-bond acceptors (Lipinski definition) is 10. The van der Waals surface area contributed by atoms with Gasteiger partial charge < -0.3 is 47.1 Å². The van der Waals surface area contributed by atoms with Gasteiger partial charge in [-0.05, 0) is 71.8 Å². The van der Waals surface area contributed by atoms with Crippen LogP contribution in [-0.4, -0.2) is 93.0 Å². The van der Waals surface area contributed by atoms with Crippen molar-refractivity contribution in [1.29, 1.82) is 5.26 Å². The van der Waals surface area contributed by atoms with Crippen molar-refractivity contribution in [2.24, 2.45) is 11.5 Å². The molecule has 15 heteroatoms. The fourth-order valence-electron chi connectivity index (χ4n) is 6.24. The van der Waals surface area contributed by atoms with Crippen LogP contribution in [0, 0.1) is 18.3 Å². The molecule has 0 unspecified atom stereocenters. The van der Waals surface area contributed by atoms with E-state index in [1.54, 1.807) is 42.5 Å². The third-order valence-electron chi connectivity index (χ3n) is 9.34. The molecule has 3 aromatic carbocycles. The molecule has 0 saturated carbocycles. The van der Waals surface area contributed by atoms with Crippen LogP contribution in [0.2, 0.25) is 0 Å². The van der Waals surface area contributed by atoms with Crippen LogP contribution in [0.5, 0.6) is 11.5 Å². The number of ether oxygens (including phenoxy) is 2. The first kappa shape index (κ1) is 42.8. The molecule has 0 spiro atoms. The number of carbonyl (C=O) groups is 5. The molecule has 0 aromatic heterocycles. The Morgan fingerprint density at radius 1 is 0.911 bits per heavy atom. The SMILES string of the molecule is Cc1cc(C(C)(C)C)ccc1C(=O)NCC(=O)N(C)[C@@H]1C(=O)N[C@@H](C)C(=O)N[C@H](C(=O)NCC#N)Cc2ccc(OCCN)c(c2)-c2cc1ccc2OCCN. The Bertz CT molecular complexity index is 1990. The van der Waals surface area contributed by atoms with E-state index in [0.717, 1.165) is 11.1 Å². The lowest BCUT2D eigenvalue weighted by atomic mass is 9.85. The Morgan fingerprint density at radius 3 is 2.16 bits per heavy atom. The van der Waals surface area contributed by atoms with Crippen molar-refractivity contribution in [1.82, 2.24) is 26.2 Å². The van der Waals surface area contributed by atoms with Gasteiger partial charge in [-0.15, -0.1) is 0 Å². The van der Waals surface area contributed by atoms with Crippen molar-refractivity contribution in [2.45, 2.75) is 64.6 Å². The Morgan fingerprint density at radius 2 is 1.55 bits per heavy atom. The fraction of sp³-hybridized carbons (Fsp3) is 0.415. The second-order valence-electron chi connectivity index (χ2n) is 14.6. The lowest BCUT2D eigenvalue weighted by Gasteiger charge is -2.30. The summed E-state index contributed by atoms with van der Waals surface area (Å²) in [6, 6.07) is 14.0. The number of nitrogens with two attached hydrogens (primary N) is 2. The van der Waals surface area contributed by atoms with Crippen LogP contribution < -0.4 is 42.2 Å². The predicted octanol–water partition coefficient (Wildman–Crippen LogP) is 1.75. The fourth-order valence-corrected chi connectivity index (χ4v) is 6.24. The van der Waals surface area contributed by atoms with Crippen LogP contribution in [0.1, 0.15) is 66.3 Å². The molecule has 1 heterocycles. The number of hydrogen-bond donors (Lipinski definition) is 6. The number of carbonyl (C=O) groups excluding carboxylic acids is 5. The standard InChI is InChI=1S/C41H52N8O7/c1-24-19-28(41(3,4)5)9-10-29(24)38(52)46-23-35(50)49(6)36-27-8-12-34(56-18-15-44)31(22-27)30-20-26(7-11-33(30)55-17-14-43)21-32(39(53)45-16-13-42)48-37(51)25(2)47-40(36)54/h7-12,19-20,22,25,32,36H,14-18,21,23,43-44H2,1-6H3,(H,45,53)(H,46,52)(H,47,54)(H,48,51)/t25-,32-,36-/m0/s1. The molecular weight excluding hydrogens is 716 g/mol. The molecule has 1 aliphatic heterocycles. The molecule has 8 N–H and O–H groups in total. The van der Waals surface area contributed by atoms with Gasteiger partial charge >= 0.3 is 0 Å². The maximum atomic E-state index is 14.2. The maximum absolute atomic E-state index is 14.2. The molecule has 5 amide bonds. The van der Waals surface area contributed by atoms with Crippen molar-refractivity contribution >= 4 is 29.5 Å². The summed E-state index contributed by atoms with van der Waals surface area (Å²) in [5.74, 6) is -2.20. The van der Waals surface area contributed by atoms with Crippen LogP contribution in [0.4, 0.5) is 0 Å². The molecule has 4 rings (SSSR count). The van der Waals surface area contributed by atoms with Gasteiger partial charge in [-0.3, -0.25) is 24.0 Å². The molecule has 0 fully saturated rings. The lowest BCUT2D eigenvalue weighted by molar-refractivity contribution is -0.139. The largest absolute Gasteiger partial charge is 0.492 e. The molecule has 56 heavy (non-hydrogen) atoms. The average Bonchev–Trinajstić information content (AvgIpc) is 3.16. The van der Waals surface area contributed by atoms with Gasteiger partial charge in [0.15, 0.2) is 0 Å². The van der Waals surface area contributed by atoms with E-state index < -0.39 is 54.2 Å². The zero-order chi connectivity index (χ0) is 41.2. The zero-order valence-corrected chi connectivity index (χ0v) is 32.8. The third kappa shape index (κ3) is 10.6. The van der Waals surface area contributed by atoms with Crippen LogP contribution in [0.25, 0.3) is 11.1 Å². The average molecular weight is 769 g/mol. The minimum atomic E-state index is -1.31. The van der Waals surface area contributed by atoms with Crippen molar-refractivity contribution in [3.63, 3.8) is 0 Å². The van der Waals surface area contributed by atoms with Crippen LogP contribution in [0.3, 0.4) is 0 Å². The summed E-state index contributed by atoms with van der Waals surface area (Å²) in [4.78, 5) is 69.3. The third-order valence-corrected chi connectivity index (χ3v) is 9.34. The van der Waals surface area contributed by atoms with Gasteiger partial charge in [-0.25, -0.2) is 0 Å². The normalized spacial score (nSPS) is 16.9. The predicted molar refractivity (Wildman–Crippen MR) is 211 cm³/mol. The number of rotatable bonds is 12. The first-order valence-corrected chi connectivity index (χ1v) is 18.4. The second-order valence-corrected chi connectivity index (χ2v) is 14.6. The molecule has 298 valence electrons.